The summed E-state index contributed by atoms with van der Waals surface area (Å²) in [6.45, 7) is 5.13. The smallest absolute Gasteiger partial charge is 0.333 e. The molecule has 0 bridgehead atoms. The summed E-state index contributed by atoms with van der Waals surface area (Å²) in [5, 5.41) is 2.03. The highest BCUT2D eigenvalue weighted by atomic mass is 35.5. The molecule has 7 nitrogen and oxygen atoms in total. The Morgan fingerprint density at radius 2 is 1.78 bits per heavy atom. The second kappa shape index (κ2) is 8.46. The van der Waals surface area contributed by atoms with E-state index in [1.165, 1.54) is 0 Å². The molecule has 0 amide bonds. The van der Waals surface area contributed by atoms with E-state index in [2.05, 4.69) is 21.5 Å². The van der Waals surface area contributed by atoms with Crippen LogP contribution in [0, 0.1) is 0 Å². The molecule has 0 unspecified atom stereocenters. The molecule has 0 saturated carbocycles. The van der Waals surface area contributed by atoms with Gasteiger partial charge in [0.15, 0.2) is 0 Å². The summed E-state index contributed by atoms with van der Waals surface area (Å²) in [5.41, 5.74) is 0.310. The van der Waals surface area contributed by atoms with E-state index >= 15 is 0 Å². The fourth-order valence-electron chi connectivity index (χ4n) is 2.15. The van der Waals surface area contributed by atoms with Crippen LogP contribution in [0.1, 0.15) is 6.92 Å². The maximum atomic E-state index is 11.3. The van der Waals surface area contributed by atoms with E-state index in [1.54, 1.807) is 13.0 Å². The number of fused-ring (bicyclic) bond motifs is 1. The quantitative estimate of drug-likeness (QED) is 0.345. The zero-order valence-electron chi connectivity index (χ0n) is 14.5. The van der Waals surface area contributed by atoms with Crippen molar-refractivity contribution in [3.8, 4) is 17.8 Å². The molecule has 3 aromatic rings. The number of ether oxygens (including phenoxy) is 3. The predicted octanol–water partition coefficient (Wildman–Crippen LogP) is 3.97. The minimum Gasteiger partial charge on any atom is -0.460 e. The monoisotopic (exact) mass is 385 g/mol. The van der Waals surface area contributed by atoms with Gasteiger partial charge in [-0.1, -0.05) is 36.9 Å². The molecule has 0 saturated heterocycles. The SMILES string of the molecule is C=C(C)C(=O)OCCOc1nc(Cl)nc(Oc2ccc3ccccc3c2)n1. The van der Waals surface area contributed by atoms with Crippen LogP contribution >= 0.6 is 11.6 Å². The van der Waals surface area contributed by atoms with E-state index in [1.807, 2.05) is 36.4 Å². The Kier molecular flexibility index (Phi) is 5.83. The Morgan fingerprint density at radius 3 is 2.56 bits per heavy atom. The van der Waals surface area contributed by atoms with E-state index in [9.17, 15) is 4.79 Å². The number of nitrogens with zero attached hydrogens (tertiary/aromatic N) is 3. The van der Waals surface area contributed by atoms with Gasteiger partial charge in [-0.15, -0.1) is 4.98 Å². The summed E-state index contributed by atoms with van der Waals surface area (Å²) < 4.78 is 15.9. The summed E-state index contributed by atoms with van der Waals surface area (Å²) in [6, 6.07) is 13.5. The van der Waals surface area contributed by atoms with Gasteiger partial charge in [-0.05, 0) is 41.4 Å². The van der Waals surface area contributed by atoms with Crippen molar-refractivity contribution in [2.75, 3.05) is 13.2 Å². The average molecular weight is 386 g/mol. The minimum absolute atomic E-state index is 0.000730. The van der Waals surface area contributed by atoms with Crippen LogP contribution in [0.15, 0.2) is 54.6 Å². The Balaban J connectivity index is 1.65. The third-order valence-corrected chi connectivity index (χ3v) is 3.56. The number of rotatable bonds is 7. The molecule has 0 spiro atoms. The number of benzene rings is 2. The van der Waals surface area contributed by atoms with Crippen molar-refractivity contribution >= 4 is 28.3 Å². The summed E-state index contributed by atoms with van der Waals surface area (Å²) in [7, 11) is 0. The number of halogens is 1. The molecule has 0 aliphatic carbocycles. The first-order valence-electron chi connectivity index (χ1n) is 8.05. The molecule has 8 heteroatoms. The van der Waals surface area contributed by atoms with Crippen LogP contribution < -0.4 is 9.47 Å². The van der Waals surface area contributed by atoms with Crippen LogP contribution in [0.4, 0.5) is 0 Å². The molecule has 2 aromatic carbocycles. The molecular formula is C19H16ClN3O4. The van der Waals surface area contributed by atoms with Crippen molar-refractivity contribution in [1.82, 2.24) is 15.0 Å². The first-order valence-corrected chi connectivity index (χ1v) is 8.43. The lowest BCUT2D eigenvalue weighted by atomic mass is 10.1. The molecule has 0 fully saturated rings. The van der Waals surface area contributed by atoms with Gasteiger partial charge in [0.2, 0.25) is 5.28 Å². The molecule has 1 aromatic heterocycles. The normalized spacial score (nSPS) is 10.4. The van der Waals surface area contributed by atoms with Crippen LogP contribution in [0.2, 0.25) is 5.28 Å². The van der Waals surface area contributed by atoms with Crippen LogP contribution in [0.3, 0.4) is 0 Å². The zero-order valence-corrected chi connectivity index (χ0v) is 15.3. The molecule has 138 valence electrons. The third kappa shape index (κ3) is 5.15. The zero-order chi connectivity index (χ0) is 19.2. The van der Waals surface area contributed by atoms with E-state index in [4.69, 9.17) is 25.8 Å². The molecule has 0 aliphatic rings. The lowest BCUT2D eigenvalue weighted by molar-refractivity contribution is -0.139. The Morgan fingerprint density at radius 1 is 1.04 bits per heavy atom. The fraction of sp³-hybridized carbons (Fsp3) is 0.158. The van der Waals surface area contributed by atoms with Crippen LogP contribution in [0.25, 0.3) is 10.8 Å². The predicted molar refractivity (Wildman–Crippen MR) is 100 cm³/mol. The third-order valence-electron chi connectivity index (χ3n) is 3.39. The number of carbonyl (C=O) groups excluding carboxylic acids is 1. The highest BCUT2D eigenvalue weighted by molar-refractivity contribution is 6.28. The van der Waals surface area contributed by atoms with Crippen molar-refractivity contribution in [2.45, 2.75) is 6.92 Å². The van der Waals surface area contributed by atoms with E-state index in [-0.39, 0.29) is 30.5 Å². The van der Waals surface area contributed by atoms with Gasteiger partial charge in [0.05, 0.1) is 0 Å². The van der Waals surface area contributed by atoms with E-state index in [0.717, 1.165) is 10.8 Å². The molecular weight excluding hydrogens is 370 g/mol. The lowest BCUT2D eigenvalue weighted by Gasteiger charge is -2.08. The molecule has 3 rings (SSSR count). The van der Waals surface area contributed by atoms with Gasteiger partial charge in [0, 0.05) is 5.57 Å². The topological polar surface area (TPSA) is 83.4 Å². The molecule has 0 atom stereocenters. The highest BCUT2D eigenvalue weighted by Crippen LogP contribution is 2.25. The average Bonchev–Trinajstić information content (AvgIpc) is 2.64. The molecule has 27 heavy (non-hydrogen) atoms. The van der Waals surface area contributed by atoms with Crippen LogP contribution in [-0.4, -0.2) is 34.1 Å². The Hall–Kier alpha value is -3.19. The number of esters is 1. The van der Waals surface area contributed by atoms with Gasteiger partial charge >= 0.3 is 18.0 Å². The molecule has 0 aliphatic heterocycles. The number of carbonyl (C=O) groups is 1. The minimum atomic E-state index is -0.493. The largest absolute Gasteiger partial charge is 0.460 e. The molecule has 0 N–H and O–H groups in total. The Bertz CT molecular complexity index is 994. The van der Waals surface area contributed by atoms with Crippen molar-refractivity contribution in [3.63, 3.8) is 0 Å². The second-order valence-electron chi connectivity index (χ2n) is 5.55. The summed E-state index contributed by atoms with van der Waals surface area (Å²) in [5.74, 6) is 0.0601. The summed E-state index contributed by atoms with van der Waals surface area (Å²) >= 11 is 5.90. The number of hydrogen-bond donors (Lipinski definition) is 0. The molecule has 0 radical (unpaired) electrons. The van der Waals surface area contributed by atoms with Gasteiger partial charge in [0.25, 0.3) is 0 Å². The number of hydrogen-bond acceptors (Lipinski definition) is 7. The standard InChI is InChI=1S/C19H16ClN3O4/c1-12(2)16(24)25-9-10-26-18-21-17(20)22-19(23-18)27-15-8-7-13-5-3-4-6-14(13)11-15/h3-8,11H,1,9-10H2,2H3. The van der Waals surface area contributed by atoms with Crippen molar-refractivity contribution in [3.05, 3.63) is 59.9 Å². The maximum absolute atomic E-state index is 11.3. The first-order chi connectivity index (χ1) is 13.0. The van der Waals surface area contributed by atoms with Crippen LogP contribution in [0.5, 0.6) is 17.8 Å². The van der Waals surface area contributed by atoms with Crippen LogP contribution in [-0.2, 0) is 9.53 Å². The van der Waals surface area contributed by atoms with Gasteiger partial charge < -0.3 is 14.2 Å². The van der Waals surface area contributed by atoms with Gasteiger partial charge in [0.1, 0.15) is 19.0 Å². The van der Waals surface area contributed by atoms with Crippen molar-refractivity contribution in [1.29, 1.82) is 0 Å². The summed E-state index contributed by atoms with van der Waals surface area (Å²) in [4.78, 5) is 23.1. The van der Waals surface area contributed by atoms with Gasteiger partial charge in [-0.25, -0.2) is 4.79 Å². The van der Waals surface area contributed by atoms with Crippen molar-refractivity contribution in [2.24, 2.45) is 0 Å². The maximum Gasteiger partial charge on any atom is 0.333 e. The number of aromatic nitrogens is 3. The highest BCUT2D eigenvalue weighted by Gasteiger charge is 2.10. The lowest BCUT2D eigenvalue weighted by Crippen LogP contribution is -2.13. The molecule has 1 heterocycles. The fourth-order valence-corrected chi connectivity index (χ4v) is 2.30. The summed E-state index contributed by atoms with van der Waals surface area (Å²) in [6.07, 6.45) is 0. The van der Waals surface area contributed by atoms with E-state index < -0.39 is 5.97 Å². The van der Waals surface area contributed by atoms with Gasteiger partial charge in [-0.2, -0.15) is 9.97 Å². The Labute approximate surface area is 160 Å². The second-order valence-corrected chi connectivity index (χ2v) is 5.88. The van der Waals surface area contributed by atoms with Gasteiger partial charge in [-0.3, -0.25) is 0 Å². The first kappa shape index (κ1) is 18.6. The van der Waals surface area contributed by atoms with Crippen molar-refractivity contribution < 1.29 is 19.0 Å². The van der Waals surface area contributed by atoms with E-state index in [0.29, 0.717) is 11.3 Å².